The van der Waals surface area contributed by atoms with Crippen LogP contribution in [0.15, 0.2) is 66.2 Å². The van der Waals surface area contributed by atoms with Crippen LogP contribution in [0.5, 0.6) is 0 Å². The van der Waals surface area contributed by atoms with Gasteiger partial charge in [0.15, 0.2) is 5.78 Å². The molecular weight excluding hydrogens is 252 g/mol. The van der Waals surface area contributed by atoms with Crippen LogP contribution in [0.3, 0.4) is 0 Å². The lowest BCUT2D eigenvalue weighted by Gasteiger charge is -2.17. The van der Waals surface area contributed by atoms with Gasteiger partial charge in [0, 0.05) is 16.0 Å². The maximum absolute atomic E-state index is 12.1. The predicted molar refractivity (Wildman–Crippen MR) is 80.7 cm³/mol. The number of carbonyl (C=O) groups is 1. The molecule has 0 bridgehead atoms. The van der Waals surface area contributed by atoms with E-state index in [2.05, 4.69) is 12.1 Å². The Morgan fingerprint density at radius 1 is 0.842 bits per heavy atom. The van der Waals surface area contributed by atoms with E-state index < -0.39 is 0 Å². The van der Waals surface area contributed by atoms with Crippen molar-refractivity contribution in [2.45, 2.75) is 6.42 Å². The second-order valence-corrected chi connectivity index (χ2v) is 4.98. The molecule has 0 N–H and O–H groups in total. The van der Waals surface area contributed by atoms with Gasteiger partial charge in [-0.25, -0.2) is 0 Å². The summed E-state index contributed by atoms with van der Waals surface area (Å²) in [6, 6.07) is 17.6. The van der Waals surface area contributed by atoms with Gasteiger partial charge < -0.3 is 0 Å². The average Bonchev–Trinajstić information content (AvgIpc) is 2.46. The average molecular weight is 264 g/mol. The summed E-state index contributed by atoms with van der Waals surface area (Å²) in [5.41, 5.74) is 3.70. The molecule has 92 valence electrons. The van der Waals surface area contributed by atoms with Crippen LogP contribution in [0.25, 0.3) is 0 Å². The Morgan fingerprint density at radius 3 is 2.21 bits per heavy atom. The van der Waals surface area contributed by atoms with Crippen LogP contribution in [-0.4, -0.2) is 10.6 Å². The standard InChI is InChI=1S/C17H12OS/c18-16-11-13(10-12-6-2-1-3-7-12)17(19)15-9-5-4-8-14(15)16/h1-9,11H,10H2. The molecule has 2 aromatic carbocycles. The zero-order valence-electron chi connectivity index (χ0n) is 10.3. The second-order valence-electron chi connectivity index (χ2n) is 4.57. The first kappa shape index (κ1) is 12.0. The third-order valence-corrected chi connectivity index (χ3v) is 3.75. The molecule has 19 heavy (non-hydrogen) atoms. The number of hydrogen-bond donors (Lipinski definition) is 0. The van der Waals surface area contributed by atoms with E-state index in [4.69, 9.17) is 12.2 Å². The molecule has 1 nitrogen and oxygen atoms in total. The Labute approximate surface area is 117 Å². The van der Waals surface area contributed by atoms with Gasteiger partial charge in [-0.3, -0.25) is 4.79 Å². The van der Waals surface area contributed by atoms with Crippen molar-refractivity contribution < 1.29 is 4.79 Å². The molecule has 0 fully saturated rings. The van der Waals surface area contributed by atoms with Crippen molar-refractivity contribution in [1.82, 2.24) is 0 Å². The number of ketones is 1. The van der Waals surface area contributed by atoms with Crippen LogP contribution in [0.1, 0.15) is 21.5 Å². The first-order chi connectivity index (χ1) is 9.25. The van der Waals surface area contributed by atoms with E-state index in [0.717, 1.165) is 16.0 Å². The number of carbonyl (C=O) groups excluding carboxylic acids is 1. The highest BCUT2D eigenvalue weighted by atomic mass is 32.1. The van der Waals surface area contributed by atoms with E-state index in [-0.39, 0.29) is 5.78 Å². The fraction of sp³-hybridized carbons (Fsp3) is 0.0588. The van der Waals surface area contributed by atoms with Gasteiger partial charge in [-0.2, -0.15) is 0 Å². The molecule has 0 aromatic heterocycles. The molecule has 0 aliphatic heterocycles. The summed E-state index contributed by atoms with van der Waals surface area (Å²) < 4.78 is 0. The second kappa shape index (κ2) is 4.90. The van der Waals surface area contributed by atoms with E-state index in [0.29, 0.717) is 12.0 Å². The number of benzene rings is 2. The molecule has 2 aromatic rings. The van der Waals surface area contributed by atoms with Crippen molar-refractivity contribution in [1.29, 1.82) is 0 Å². The van der Waals surface area contributed by atoms with Gasteiger partial charge in [0.05, 0.1) is 0 Å². The fourth-order valence-electron chi connectivity index (χ4n) is 2.32. The van der Waals surface area contributed by atoms with Crippen LogP contribution >= 0.6 is 12.2 Å². The van der Waals surface area contributed by atoms with Crippen LogP contribution in [0, 0.1) is 0 Å². The molecule has 0 saturated heterocycles. The van der Waals surface area contributed by atoms with Gasteiger partial charge in [-0.15, -0.1) is 0 Å². The lowest BCUT2D eigenvalue weighted by Crippen LogP contribution is -2.17. The Bertz CT molecular complexity index is 683. The molecule has 0 radical (unpaired) electrons. The highest BCUT2D eigenvalue weighted by molar-refractivity contribution is 7.81. The summed E-state index contributed by atoms with van der Waals surface area (Å²) in [5, 5.41) is 0. The van der Waals surface area contributed by atoms with Crippen LogP contribution in [-0.2, 0) is 6.42 Å². The minimum Gasteiger partial charge on any atom is -0.289 e. The topological polar surface area (TPSA) is 17.1 Å². The molecular formula is C17H12OS. The highest BCUT2D eigenvalue weighted by Gasteiger charge is 2.21. The Balaban J connectivity index is 1.97. The Kier molecular flexibility index (Phi) is 3.10. The third kappa shape index (κ3) is 2.27. The lowest BCUT2D eigenvalue weighted by atomic mass is 9.88. The van der Waals surface area contributed by atoms with Crippen molar-refractivity contribution in [2.24, 2.45) is 0 Å². The van der Waals surface area contributed by atoms with Crippen molar-refractivity contribution in [3.05, 3.63) is 82.9 Å². The Morgan fingerprint density at radius 2 is 1.47 bits per heavy atom. The monoisotopic (exact) mass is 264 g/mol. The van der Waals surface area contributed by atoms with Crippen LogP contribution < -0.4 is 0 Å². The van der Waals surface area contributed by atoms with E-state index >= 15 is 0 Å². The molecule has 2 heteroatoms. The van der Waals surface area contributed by atoms with Crippen molar-refractivity contribution in [3.63, 3.8) is 0 Å². The van der Waals surface area contributed by atoms with Crippen molar-refractivity contribution in [2.75, 3.05) is 0 Å². The lowest BCUT2D eigenvalue weighted by molar-refractivity contribution is 0.104. The molecule has 0 saturated carbocycles. The highest BCUT2D eigenvalue weighted by Crippen LogP contribution is 2.24. The molecule has 1 aliphatic carbocycles. The van der Waals surface area contributed by atoms with E-state index in [1.807, 2.05) is 42.5 Å². The van der Waals surface area contributed by atoms with Crippen molar-refractivity contribution in [3.8, 4) is 0 Å². The minimum absolute atomic E-state index is 0.0510. The number of allylic oxidation sites excluding steroid dienone is 2. The molecule has 0 amide bonds. The smallest absolute Gasteiger partial charge is 0.186 e. The summed E-state index contributed by atoms with van der Waals surface area (Å²) in [7, 11) is 0. The zero-order valence-corrected chi connectivity index (χ0v) is 11.1. The summed E-state index contributed by atoms with van der Waals surface area (Å²) in [5.74, 6) is 0.0510. The minimum atomic E-state index is 0.0510. The third-order valence-electron chi connectivity index (χ3n) is 3.27. The number of hydrogen-bond acceptors (Lipinski definition) is 2. The molecule has 0 heterocycles. The summed E-state index contributed by atoms with van der Waals surface area (Å²) >= 11 is 5.51. The molecule has 0 unspecified atom stereocenters. The number of thiocarbonyl (C=S) groups is 1. The quantitative estimate of drug-likeness (QED) is 0.768. The first-order valence-electron chi connectivity index (χ1n) is 6.18. The van der Waals surface area contributed by atoms with E-state index in [1.165, 1.54) is 5.56 Å². The first-order valence-corrected chi connectivity index (χ1v) is 6.59. The number of rotatable bonds is 2. The van der Waals surface area contributed by atoms with E-state index in [9.17, 15) is 4.79 Å². The molecule has 0 atom stereocenters. The summed E-state index contributed by atoms with van der Waals surface area (Å²) in [6.45, 7) is 0. The maximum atomic E-state index is 12.1. The van der Waals surface area contributed by atoms with Gasteiger partial charge >= 0.3 is 0 Å². The van der Waals surface area contributed by atoms with Crippen LogP contribution in [0.2, 0.25) is 0 Å². The maximum Gasteiger partial charge on any atom is 0.186 e. The van der Waals surface area contributed by atoms with Gasteiger partial charge in [0.25, 0.3) is 0 Å². The fourth-order valence-corrected chi connectivity index (χ4v) is 2.63. The largest absolute Gasteiger partial charge is 0.289 e. The van der Waals surface area contributed by atoms with Gasteiger partial charge in [0.1, 0.15) is 0 Å². The predicted octanol–water partition coefficient (Wildman–Crippen LogP) is 3.77. The summed E-state index contributed by atoms with van der Waals surface area (Å²) in [6.07, 6.45) is 2.39. The Hall–Kier alpha value is -2.06. The van der Waals surface area contributed by atoms with Gasteiger partial charge in [-0.05, 0) is 23.6 Å². The molecule has 1 aliphatic rings. The van der Waals surface area contributed by atoms with Crippen LogP contribution in [0.4, 0.5) is 0 Å². The van der Waals surface area contributed by atoms with Gasteiger partial charge in [0.2, 0.25) is 0 Å². The zero-order chi connectivity index (χ0) is 13.2. The summed E-state index contributed by atoms with van der Waals surface area (Å²) in [4.78, 5) is 12.9. The SMILES string of the molecule is O=C1C=C(Cc2ccccc2)C(=S)c2ccccc21. The molecule has 3 rings (SSSR count). The number of fused-ring (bicyclic) bond motifs is 1. The van der Waals surface area contributed by atoms with E-state index in [1.54, 1.807) is 6.08 Å². The van der Waals surface area contributed by atoms with Crippen molar-refractivity contribution >= 4 is 22.9 Å². The normalized spacial score (nSPS) is 14.0. The molecule has 0 spiro atoms. The van der Waals surface area contributed by atoms with Gasteiger partial charge in [-0.1, -0.05) is 66.8 Å².